The maximum atomic E-state index is 13.1. The monoisotopic (exact) mass is 344 g/mol. The zero-order valence-corrected chi connectivity index (χ0v) is 14.3. The van der Waals surface area contributed by atoms with Gasteiger partial charge in [-0.25, -0.2) is 0 Å². The lowest BCUT2D eigenvalue weighted by Crippen LogP contribution is -2.52. The summed E-state index contributed by atoms with van der Waals surface area (Å²) in [5, 5.41) is 9.47. The van der Waals surface area contributed by atoms with Gasteiger partial charge in [0.15, 0.2) is 0 Å². The van der Waals surface area contributed by atoms with Crippen molar-refractivity contribution >= 4 is 11.9 Å². The van der Waals surface area contributed by atoms with Crippen LogP contribution in [0.25, 0.3) is 0 Å². The summed E-state index contributed by atoms with van der Waals surface area (Å²) in [5.74, 6) is -1.30. The number of likely N-dealkylation sites (tertiary alicyclic amines) is 1. The average molecular weight is 344 g/mol. The zero-order chi connectivity index (χ0) is 17.6. The molecule has 2 bridgehead atoms. The molecule has 3 aliphatic rings. The van der Waals surface area contributed by atoms with E-state index in [9.17, 15) is 19.5 Å². The number of carboxylic acid groups (broad SMARTS) is 1. The van der Waals surface area contributed by atoms with Gasteiger partial charge in [-0.3, -0.25) is 14.4 Å². The summed E-state index contributed by atoms with van der Waals surface area (Å²) in [6.45, 7) is 1.89. The van der Waals surface area contributed by atoms with Crippen LogP contribution in [-0.2, 0) is 16.1 Å². The van der Waals surface area contributed by atoms with Crippen LogP contribution < -0.4 is 5.56 Å². The highest BCUT2D eigenvalue weighted by Gasteiger charge is 2.42. The summed E-state index contributed by atoms with van der Waals surface area (Å²) >= 11 is 0. The second-order valence-corrected chi connectivity index (χ2v) is 7.78. The molecule has 2 fully saturated rings. The van der Waals surface area contributed by atoms with Crippen LogP contribution in [0.4, 0.5) is 0 Å². The Balaban J connectivity index is 1.56. The summed E-state index contributed by atoms with van der Waals surface area (Å²) in [4.78, 5) is 38.6. The number of piperidine rings is 1. The topological polar surface area (TPSA) is 79.6 Å². The number of nitrogens with zero attached hydrogens (tertiary/aromatic N) is 2. The van der Waals surface area contributed by atoms with Crippen molar-refractivity contribution in [3.05, 3.63) is 34.2 Å². The Labute approximate surface area is 146 Å². The van der Waals surface area contributed by atoms with E-state index in [0.717, 1.165) is 25.0 Å². The van der Waals surface area contributed by atoms with Crippen LogP contribution in [0.1, 0.15) is 43.7 Å². The summed E-state index contributed by atoms with van der Waals surface area (Å²) in [6.07, 6.45) is 4.10. The molecule has 2 aliphatic heterocycles. The highest BCUT2D eigenvalue weighted by atomic mass is 16.4. The van der Waals surface area contributed by atoms with Crippen molar-refractivity contribution < 1.29 is 14.7 Å². The molecule has 1 aromatic rings. The molecule has 4 atom stereocenters. The summed E-state index contributed by atoms with van der Waals surface area (Å²) < 4.78 is 1.85. The van der Waals surface area contributed by atoms with Gasteiger partial charge in [-0.1, -0.05) is 18.9 Å². The molecule has 3 heterocycles. The molecule has 1 saturated heterocycles. The Hall–Kier alpha value is -2.11. The van der Waals surface area contributed by atoms with Crippen molar-refractivity contribution in [2.45, 2.75) is 44.6 Å². The molecule has 134 valence electrons. The van der Waals surface area contributed by atoms with E-state index in [-0.39, 0.29) is 29.2 Å². The van der Waals surface area contributed by atoms with Crippen LogP contribution in [-0.4, -0.2) is 39.5 Å². The molecule has 0 spiro atoms. The molecule has 1 saturated carbocycles. The van der Waals surface area contributed by atoms with Crippen molar-refractivity contribution in [1.82, 2.24) is 9.47 Å². The maximum Gasteiger partial charge on any atom is 0.307 e. The highest BCUT2D eigenvalue weighted by Crippen LogP contribution is 2.38. The van der Waals surface area contributed by atoms with E-state index in [1.165, 1.54) is 0 Å². The van der Waals surface area contributed by atoms with E-state index in [1.807, 2.05) is 15.5 Å². The molecule has 0 unspecified atom stereocenters. The van der Waals surface area contributed by atoms with Gasteiger partial charge >= 0.3 is 5.97 Å². The first-order valence-corrected chi connectivity index (χ1v) is 9.26. The van der Waals surface area contributed by atoms with Crippen LogP contribution in [0.5, 0.6) is 0 Å². The number of amides is 1. The van der Waals surface area contributed by atoms with E-state index in [1.54, 1.807) is 12.1 Å². The second kappa shape index (κ2) is 6.32. The third-order valence-corrected chi connectivity index (χ3v) is 6.19. The number of rotatable bonds is 2. The number of fused-ring (bicyclic) bond motifs is 4. The normalized spacial score (nSPS) is 31.3. The fraction of sp³-hybridized carbons (Fsp3) is 0.632. The minimum Gasteiger partial charge on any atom is -0.481 e. The van der Waals surface area contributed by atoms with Gasteiger partial charge in [-0.05, 0) is 31.2 Å². The van der Waals surface area contributed by atoms with Gasteiger partial charge < -0.3 is 14.6 Å². The molecular weight excluding hydrogens is 320 g/mol. The van der Waals surface area contributed by atoms with Crippen LogP contribution in [0.15, 0.2) is 23.0 Å². The Bertz CT molecular complexity index is 756. The molecular formula is C19H24N2O4. The Morgan fingerprint density at radius 3 is 2.56 bits per heavy atom. The Morgan fingerprint density at radius 1 is 1.04 bits per heavy atom. The lowest BCUT2D eigenvalue weighted by atomic mass is 9.77. The van der Waals surface area contributed by atoms with Gasteiger partial charge in [0.2, 0.25) is 5.91 Å². The standard InChI is InChI=1S/C19H24N2O4/c22-17-7-3-6-16-13-8-12(10-21(16)17)9-20(11-13)18(23)14-4-1-2-5-15(14)19(24)25/h3,6-7,12-15H,1-2,4-5,8-11H2,(H,24,25)/t12-,13+,14-,15-/m1/s1. The lowest BCUT2D eigenvalue weighted by Gasteiger charge is -2.44. The number of carbonyl (C=O) groups is 2. The first-order valence-electron chi connectivity index (χ1n) is 9.26. The molecule has 25 heavy (non-hydrogen) atoms. The van der Waals surface area contributed by atoms with Crippen molar-refractivity contribution in [2.24, 2.45) is 17.8 Å². The van der Waals surface area contributed by atoms with Crippen molar-refractivity contribution in [3.8, 4) is 0 Å². The van der Waals surface area contributed by atoms with Gasteiger partial charge in [0.1, 0.15) is 0 Å². The molecule has 0 aromatic carbocycles. The van der Waals surface area contributed by atoms with Gasteiger partial charge in [0.25, 0.3) is 5.56 Å². The SMILES string of the molecule is O=C(O)[C@@H]1CCCC[C@H]1C(=O)N1C[C@H]2C[C@@H](C1)c1cccc(=O)n1C2. The van der Waals surface area contributed by atoms with Crippen LogP contribution >= 0.6 is 0 Å². The predicted octanol–water partition coefficient (Wildman–Crippen LogP) is 1.69. The van der Waals surface area contributed by atoms with Crippen LogP contribution in [0.2, 0.25) is 0 Å². The zero-order valence-electron chi connectivity index (χ0n) is 14.3. The molecule has 4 rings (SSSR count). The molecule has 6 nitrogen and oxygen atoms in total. The Kier molecular flexibility index (Phi) is 4.13. The fourth-order valence-electron chi connectivity index (χ4n) is 5.03. The quantitative estimate of drug-likeness (QED) is 0.885. The smallest absolute Gasteiger partial charge is 0.307 e. The first kappa shape index (κ1) is 16.4. The fourth-order valence-corrected chi connectivity index (χ4v) is 5.03. The first-order chi connectivity index (χ1) is 12.0. The molecule has 0 radical (unpaired) electrons. The summed E-state index contributed by atoms with van der Waals surface area (Å²) in [7, 11) is 0. The van der Waals surface area contributed by atoms with Gasteiger partial charge in [-0.2, -0.15) is 0 Å². The number of pyridine rings is 1. The third-order valence-electron chi connectivity index (χ3n) is 6.19. The molecule has 1 amide bonds. The summed E-state index contributed by atoms with van der Waals surface area (Å²) in [5.41, 5.74) is 1.05. The van der Waals surface area contributed by atoms with E-state index in [4.69, 9.17) is 0 Å². The Morgan fingerprint density at radius 2 is 1.80 bits per heavy atom. The van der Waals surface area contributed by atoms with E-state index in [0.29, 0.717) is 32.5 Å². The minimum atomic E-state index is -0.841. The molecule has 1 aliphatic carbocycles. The molecule has 1 aromatic heterocycles. The summed E-state index contributed by atoms with van der Waals surface area (Å²) in [6, 6.07) is 5.36. The van der Waals surface area contributed by atoms with E-state index in [2.05, 4.69) is 0 Å². The van der Waals surface area contributed by atoms with Gasteiger partial charge in [-0.15, -0.1) is 0 Å². The van der Waals surface area contributed by atoms with E-state index < -0.39 is 11.9 Å². The second-order valence-electron chi connectivity index (χ2n) is 7.78. The average Bonchev–Trinajstić information content (AvgIpc) is 2.62. The van der Waals surface area contributed by atoms with Crippen molar-refractivity contribution in [2.75, 3.05) is 13.1 Å². The number of hydrogen-bond acceptors (Lipinski definition) is 3. The van der Waals surface area contributed by atoms with E-state index >= 15 is 0 Å². The maximum absolute atomic E-state index is 13.1. The molecule has 1 N–H and O–H groups in total. The number of hydrogen-bond donors (Lipinski definition) is 1. The van der Waals surface area contributed by atoms with Gasteiger partial charge in [0.05, 0.1) is 11.8 Å². The van der Waals surface area contributed by atoms with Crippen molar-refractivity contribution in [1.29, 1.82) is 0 Å². The number of aliphatic carboxylic acids is 1. The number of carboxylic acids is 1. The third kappa shape index (κ3) is 2.87. The minimum absolute atomic E-state index is 0.00790. The number of aromatic nitrogens is 1. The lowest BCUT2D eigenvalue weighted by molar-refractivity contribution is -0.153. The van der Waals surface area contributed by atoms with Gasteiger partial charge in [0, 0.05) is 37.3 Å². The van der Waals surface area contributed by atoms with Crippen LogP contribution in [0, 0.1) is 17.8 Å². The van der Waals surface area contributed by atoms with Crippen molar-refractivity contribution in [3.63, 3.8) is 0 Å². The van der Waals surface area contributed by atoms with Crippen LogP contribution in [0.3, 0.4) is 0 Å². The largest absolute Gasteiger partial charge is 0.481 e. The number of carbonyl (C=O) groups excluding carboxylic acids is 1. The highest BCUT2D eigenvalue weighted by molar-refractivity contribution is 5.85. The molecule has 6 heteroatoms. The predicted molar refractivity (Wildman–Crippen MR) is 91.2 cm³/mol.